The van der Waals surface area contributed by atoms with Crippen LogP contribution in [0.4, 0.5) is 0 Å². The molecular formula is C13H21N3O3. The minimum absolute atomic E-state index is 0.0408. The summed E-state index contributed by atoms with van der Waals surface area (Å²) in [7, 11) is 1.58. The zero-order valence-corrected chi connectivity index (χ0v) is 11.7. The van der Waals surface area contributed by atoms with Crippen LogP contribution in [0.2, 0.25) is 0 Å². The zero-order chi connectivity index (χ0) is 14.4. The monoisotopic (exact) mass is 267 g/mol. The van der Waals surface area contributed by atoms with Crippen LogP contribution in [0.15, 0.2) is 16.5 Å². The van der Waals surface area contributed by atoms with Gasteiger partial charge in [-0.05, 0) is 26.0 Å². The summed E-state index contributed by atoms with van der Waals surface area (Å²) in [6.07, 6.45) is 0. The molecular weight excluding hydrogens is 246 g/mol. The lowest BCUT2D eigenvalue weighted by Crippen LogP contribution is -2.40. The summed E-state index contributed by atoms with van der Waals surface area (Å²) in [5.41, 5.74) is 5.42. The van der Waals surface area contributed by atoms with Gasteiger partial charge in [0.05, 0.1) is 13.1 Å². The summed E-state index contributed by atoms with van der Waals surface area (Å²) in [4.78, 5) is 26.9. The summed E-state index contributed by atoms with van der Waals surface area (Å²) in [5.74, 6) is 0.355. The number of hydrogen-bond donors (Lipinski definition) is 1. The smallest absolute Gasteiger partial charge is 0.289 e. The van der Waals surface area contributed by atoms with Crippen molar-refractivity contribution in [2.24, 2.45) is 5.73 Å². The van der Waals surface area contributed by atoms with Crippen molar-refractivity contribution in [2.75, 3.05) is 26.7 Å². The molecule has 0 spiro atoms. The number of likely N-dealkylation sites (N-methyl/N-ethyl adjacent to an activating group) is 2. The van der Waals surface area contributed by atoms with Gasteiger partial charge in [0.1, 0.15) is 5.76 Å². The van der Waals surface area contributed by atoms with Crippen LogP contribution >= 0.6 is 0 Å². The topological polar surface area (TPSA) is 79.8 Å². The SMILES string of the molecule is CCN(CC)C(=O)CN(C)C(=O)c1ccc(CN)o1. The fraction of sp³-hybridized carbons (Fsp3) is 0.538. The summed E-state index contributed by atoms with van der Waals surface area (Å²) < 4.78 is 5.27. The lowest BCUT2D eigenvalue weighted by atomic mass is 10.3. The number of carbonyl (C=O) groups is 2. The molecule has 0 atom stereocenters. The first-order valence-electron chi connectivity index (χ1n) is 6.35. The minimum Gasteiger partial charge on any atom is -0.455 e. The molecule has 0 aliphatic rings. The summed E-state index contributed by atoms with van der Waals surface area (Å²) in [6.45, 7) is 5.37. The van der Waals surface area contributed by atoms with Gasteiger partial charge < -0.3 is 20.0 Å². The van der Waals surface area contributed by atoms with Crippen LogP contribution in [0, 0.1) is 0 Å². The molecule has 6 nitrogen and oxygen atoms in total. The molecule has 0 unspecified atom stereocenters. The lowest BCUT2D eigenvalue weighted by Gasteiger charge is -2.22. The molecule has 0 aromatic carbocycles. The number of nitrogens with zero attached hydrogens (tertiary/aromatic N) is 2. The third-order valence-electron chi connectivity index (χ3n) is 2.91. The number of carbonyl (C=O) groups excluding carboxylic acids is 2. The molecule has 0 radical (unpaired) electrons. The maximum absolute atomic E-state index is 12.0. The highest BCUT2D eigenvalue weighted by Crippen LogP contribution is 2.09. The van der Waals surface area contributed by atoms with Crippen molar-refractivity contribution in [3.63, 3.8) is 0 Å². The normalized spacial score (nSPS) is 10.3. The predicted octanol–water partition coefficient (Wildman–Crippen LogP) is 0.679. The van der Waals surface area contributed by atoms with E-state index in [2.05, 4.69) is 0 Å². The molecule has 2 N–H and O–H groups in total. The quantitative estimate of drug-likeness (QED) is 0.822. The Labute approximate surface area is 113 Å². The average molecular weight is 267 g/mol. The molecule has 2 amide bonds. The molecule has 106 valence electrons. The Hall–Kier alpha value is -1.82. The van der Waals surface area contributed by atoms with Crippen molar-refractivity contribution in [3.05, 3.63) is 23.7 Å². The molecule has 1 rings (SSSR count). The second-order valence-corrected chi connectivity index (χ2v) is 4.20. The van der Waals surface area contributed by atoms with Gasteiger partial charge in [0.25, 0.3) is 5.91 Å². The van der Waals surface area contributed by atoms with Crippen molar-refractivity contribution in [3.8, 4) is 0 Å². The number of amides is 2. The number of furan rings is 1. The first kappa shape index (κ1) is 15.2. The summed E-state index contributed by atoms with van der Waals surface area (Å²) in [5, 5.41) is 0. The van der Waals surface area contributed by atoms with Crippen molar-refractivity contribution in [1.29, 1.82) is 0 Å². The van der Waals surface area contributed by atoms with E-state index in [1.165, 1.54) is 4.90 Å². The van der Waals surface area contributed by atoms with Crippen LogP contribution in [-0.4, -0.2) is 48.3 Å². The standard InChI is InChI=1S/C13H21N3O3/c1-4-16(5-2)12(17)9-15(3)13(18)11-7-6-10(8-14)19-11/h6-7H,4-5,8-9,14H2,1-3H3. The van der Waals surface area contributed by atoms with Gasteiger partial charge in [0.15, 0.2) is 5.76 Å². The Morgan fingerprint density at radius 3 is 2.37 bits per heavy atom. The Morgan fingerprint density at radius 2 is 1.89 bits per heavy atom. The van der Waals surface area contributed by atoms with E-state index in [0.29, 0.717) is 18.8 Å². The first-order chi connectivity index (χ1) is 9.03. The van der Waals surface area contributed by atoms with Crippen molar-refractivity contribution < 1.29 is 14.0 Å². The molecule has 0 saturated carbocycles. The Kier molecular flexibility index (Phi) is 5.57. The first-order valence-corrected chi connectivity index (χ1v) is 6.35. The van der Waals surface area contributed by atoms with E-state index in [9.17, 15) is 9.59 Å². The van der Waals surface area contributed by atoms with Gasteiger partial charge in [0, 0.05) is 20.1 Å². The van der Waals surface area contributed by atoms with Crippen LogP contribution < -0.4 is 5.73 Å². The van der Waals surface area contributed by atoms with Crippen LogP contribution in [0.1, 0.15) is 30.2 Å². The third kappa shape index (κ3) is 3.82. The second-order valence-electron chi connectivity index (χ2n) is 4.20. The van der Waals surface area contributed by atoms with Crippen molar-refractivity contribution >= 4 is 11.8 Å². The molecule has 1 aromatic rings. The summed E-state index contributed by atoms with van der Waals surface area (Å²) in [6, 6.07) is 3.23. The van der Waals surface area contributed by atoms with Gasteiger partial charge in [-0.2, -0.15) is 0 Å². The average Bonchev–Trinajstić information content (AvgIpc) is 2.87. The lowest BCUT2D eigenvalue weighted by molar-refractivity contribution is -0.131. The van der Waals surface area contributed by atoms with Crippen molar-refractivity contribution in [2.45, 2.75) is 20.4 Å². The van der Waals surface area contributed by atoms with Crippen molar-refractivity contribution in [1.82, 2.24) is 9.80 Å². The van der Waals surface area contributed by atoms with Gasteiger partial charge in [0.2, 0.25) is 5.91 Å². The molecule has 0 saturated heterocycles. The van der Waals surface area contributed by atoms with Gasteiger partial charge in [-0.3, -0.25) is 9.59 Å². The Morgan fingerprint density at radius 1 is 1.26 bits per heavy atom. The van der Waals surface area contributed by atoms with E-state index < -0.39 is 0 Å². The highest BCUT2D eigenvalue weighted by Gasteiger charge is 2.20. The highest BCUT2D eigenvalue weighted by atomic mass is 16.4. The van der Waals surface area contributed by atoms with Crippen LogP contribution in [0.25, 0.3) is 0 Å². The van der Waals surface area contributed by atoms with Gasteiger partial charge in [-0.15, -0.1) is 0 Å². The second kappa shape index (κ2) is 6.94. The Balaban J connectivity index is 2.64. The summed E-state index contributed by atoms with van der Waals surface area (Å²) >= 11 is 0. The van der Waals surface area contributed by atoms with E-state index in [0.717, 1.165) is 0 Å². The maximum atomic E-state index is 12.0. The van der Waals surface area contributed by atoms with E-state index in [1.54, 1.807) is 24.1 Å². The number of nitrogens with two attached hydrogens (primary N) is 1. The largest absolute Gasteiger partial charge is 0.455 e. The minimum atomic E-state index is -0.319. The molecule has 19 heavy (non-hydrogen) atoms. The number of rotatable bonds is 6. The third-order valence-corrected chi connectivity index (χ3v) is 2.91. The Bertz CT molecular complexity index is 438. The van der Waals surface area contributed by atoms with E-state index >= 15 is 0 Å². The van der Waals surface area contributed by atoms with Crippen LogP contribution in [0.5, 0.6) is 0 Å². The number of hydrogen-bond acceptors (Lipinski definition) is 4. The fourth-order valence-corrected chi connectivity index (χ4v) is 1.74. The van der Waals surface area contributed by atoms with E-state index in [-0.39, 0.29) is 30.7 Å². The van der Waals surface area contributed by atoms with E-state index in [1.807, 2.05) is 13.8 Å². The van der Waals surface area contributed by atoms with Crippen LogP contribution in [-0.2, 0) is 11.3 Å². The highest BCUT2D eigenvalue weighted by molar-refractivity contribution is 5.94. The molecule has 6 heteroatoms. The molecule has 0 aliphatic carbocycles. The molecule has 0 bridgehead atoms. The van der Waals surface area contributed by atoms with Gasteiger partial charge >= 0.3 is 0 Å². The van der Waals surface area contributed by atoms with Crippen LogP contribution in [0.3, 0.4) is 0 Å². The molecule has 1 aromatic heterocycles. The molecule has 0 fully saturated rings. The van der Waals surface area contributed by atoms with Gasteiger partial charge in [-0.25, -0.2) is 0 Å². The van der Waals surface area contributed by atoms with E-state index in [4.69, 9.17) is 10.2 Å². The van der Waals surface area contributed by atoms with Gasteiger partial charge in [-0.1, -0.05) is 0 Å². The molecule has 0 aliphatic heterocycles. The predicted molar refractivity (Wildman–Crippen MR) is 71.5 cm³/mol. The fourth-order valence-electron chi connectivity index (χ4n) is 1.74. The zero-order valence-electron chi connectivity index (χ0n) is 11.7. The molecule has 1 heterocycles. The maximum Gasteiger partial charge on any atom is 0.289 e.